The largest absolute Gasteiger partial charge is 0.496 e. The number of ether oxygens (including phenoxy) is 4. The quantitative estimate of drug-likeness (QED) is 0.132. The van der Waals surface area contributed by atoms with E-state index in [9.17, 15) is 18.0 Å². The third-order valence-corrected chi connectivity index (χ3v) is 7.55. The van der Waals surface area contributed by atoms with Crippen LogP contribution in [0.2, 0.25) is 0 Å². The minimum Gasteiger partial charge on any atom is -0.496 e. The van der Waals surface area contributed by atoms with Gasteiger partial charge in [0.15, 0.2) is 11.5 Å². The van der Waals surface area contributed by atoms with Crippen LogP contribution in [-0.2, 0) is 20.4 Å². The fourth-order valence-electron chi connectivity index (χ4n) is 4.35. The van der Waals surface area contributed by atoms with Crippen LogP contribution in [-0.4, -0.2) is 70.3 Å². The number of allylic oxidation sites excluding steroid dienone is 3. The molecule has 0 bridgehead atoms. The first-order valence-corrected chi connectivity index (χ1v) is 14.2. The molecule has 1 heterocycles. The second-order valence-electron chi connectivity index (χ2n) is 9.45. The van der Waals surface area contributed by atoms with Crippen molar-refractivity contribution < 1.29 is 36.9 Å². The number of halogens is 3. The van der Waals surface area contributed by atoms with Crippen LogP contribution >= 0.6 is 11.8 Å². The van der Waals surface area contributed by atoms with Gasteiger partial charge in [-0.1, -0.05) is 17.8 Å². The van der Waals surface area contributed by atoms with E-state index in [0.29, 0.717) is 52.5 Å². The number of hydrazine groups is 1. The van der Waals surface area contributed by atoms with Crippen LogP contribution in [0, 0.1) is 5.41 Å². The van der Waals surface area contributed by atoms with Crippen molar-refractivity contribution in [3.63, 3.8) is 0 Å². The van der Waals surface area contributed by atoms with Crippen LogP contribution in [0.3, 0.4) is 0 Å². The Morgan fingerprint density at radius 2 is 1.77 bits per heavy atom. The van der Waals surface area contributed by atoms with Crippen molar-refractivity contribution >= 4 is 34.9 Å². The van der Waals surface area contributed by atoms with Gasteiger partial charge in [-0.05, 0) is 42.5 Å². The minimum atomic E-state index is -4.66. The van der Waals surface area contributed by atoms with Gasteiger partial charge in [0.05, 0.1) is 43.7 Å². The molecule has 11 nitrogen and oxygen atoms in total. The second-order valence-corrected chi connectivity index (χ2v) is 10.5. The number of nitrogens with zero attached hydrogens (tertiary/aromatic N) is 1. The van der Waals surface area contributed by atoms with E-state index in [2.05, 4.69) is 21.0 Å². The second kappa shape index (κ2) is 15.0. The minimum absolute atomic E-state index is 0.0606. The lowest BCUT2D eigenvalue weighted by atomic mass is 10.0. The van der Waals surface area contributed by atoms with Crippen LogP contribution in [0.25, 0.3) is 0 Å². The summed E-state index contributed by atoms with van der Waals surface area (Å²) in [6.45, 7) is 4.21. The molecule has 0 aromatic heterocycles. The van der Waals surface area contributed by atoms with Gasteiger partial charge in [-0.15, -0.1) is 0 Å². The maximum Gasteiger partial charge on any atom is 0.420 e. The molecule has 0 atom stereocenters. The van der Waals surface area contributed by atoms with Crippen molar-refractivity contribution in [3.8, 4) is 5.75 Å². The Balaban J connectivity index is 1.42. The van der Waals surface area contributed by atoms with E-state index >= 15 is 0 Å². The molecule has 1 saturated heterocycles. The molecular formula is C29H33F3N6O5S. The Morgan fingerprint density at radius 1 is 1.05 bits per heavy atom. The molecule has 2 amide bonds. The molecule has 44 heavy (non-hydrogen) atoms. The smallest absolute Gasteiger partial charge is 0.420 e. The topological polar surface area (TPSA) is 143 Å². The van der Waals surface area contributed by atoms with Crippen LogP contribution in [0.15, 0.2) is 81.6 Å². The van der Waals surface area contributed by atoms with Crippen LogP contribution in [0.4, 0.5) is 29.3 Å². The number of nitrogens with one attached hydrogen (secondary N) is 4. The highest BCUT2D eigenvalue weighted by Crippen LogP contribution is 2.38. The third kappa shape index (κ3) is 8.69. The van der Waals surface area contributed by atoms with E-state index < -0.39 is 17.8 Å². The molecule has 1 aliphatic heterocycles. The summed E-state index contributed by atoms with van der Waals surface area (Å²) in [4.78, 5) is 15.5. The summed E-state index contributed by atoms with van der Waals surface area (Å²) in [5.74, 6) is 6.35. The maximum absolute atomic E-state index is 13.3. The molecule has 0 saturated carbocycles. The van der Waals surface area contributed by atoms with Crippen molar-refractivity contribution in [1.82, 2.24) is 10.3 Å². The van der Waals surface area contributed by atoms with Crippen LogP contribution < -0.4 is 26.6 Å². The van der Waals surface area contributed by atoms with Gasteiger partial charge in [-0.3, -0.25) is 4.90 Å². The molecule has 1 aliphatic carbocycles. The Kier molecular flexibility index (Phi) is 11.2. The van der Waals surface area contributed by atoms with Gasteiger partial charge >= 0.3 is 12.2 Å². The first-order valence-electron chi connectivity index (χ1n) is 13.4. The number of amides is 2. The van der Waals surface area contributed by atoms with E-state index in [4.69, 9.17) is 30.2 Å². The highest BCUT2D eigenvalue weighted by Gasteiger charge is 2.34. The number of carbonyl (C=O) groups is 1. The average molecular weight is 635 g/mol. The predicted molar refractivity (Wildman–Crippen MR) is 161 cm³/mol. The number of hydrogen-bond acceptors (Lipinski definition) is 10. The van der Waals surface area contributed by atoms with Gasteiger partial charge in [-0.25, -0.2) is 10.6 Å². The van der Waals surface area contributed by atoms with E-state index in [1.54, 1.807) is 36.4 Å². The molecule has 2 aromatic rings. The zero-order valence-corrected chi connectivity index (χ0v) is 24.9. The Labute approximate surface area is 256 Å². The van der Waals surface area contributed by atoms with Crippen molar-refractivity contribution in [3.05, 3.63) is 82.3 Å². The van der Waals surface area contributed by atoms with Gasteiger partial charge in [0.1, 0.15) is 12.4 Å². The highest BCUT2D eigenvalue weighted by molar-refractivity contribution is 8.03. The summed E-state index contributed by atoms with van der Waals surface area (Å²) in [7, 11) is 2.65. The summed E-state index contributed by atoms with van der Waals surface area (Å²) in [6, 6.07) is 9.23. The van der Waals surface area contributed by atoms with Crippen molar-refractivity contribution in [2.75, 3.05) is 64.3 Å². The fourth-order valence-corrected chi connectivity index (χ4v) is 5.25. The summed E-state index contributed by atoms with van der Waals surface area (Å²) in [5, 5.41) is 14.0. The number of methoxy groups -OCH3 is 2. The molecule has 236 valence electrons. The molecule has 0 spiro atoms. The first kappa shape index (κ1) is 32.7. The molecular weight excluding hydrogens is 601 g/mol. The number of morpholine rings is 1. The lowest BCUT2D eigenvalue weighted by Crippen LogP contribution is -2.38. The highest BCUT2D eigenvalue weighted by atomic mass is 32.2. The van der Waals surface area contributed by atoms with E-state index in [1.165, 1.54) is 24.9 Å². The van der Waals surface area contributed by atoms with Crippen molar-refractivity contribution in [1.29, 1.82) is 5.41 Å². The number of thioether (sulfide) groups is 1. The molecule has 4 rings (SSSR count). The molecule has 15 heteroatoms. The average Bonchev–Trinajstić information content (AvgIpc) is 3.00. The summed E-state index contributed by atoms with van der Waals surface area (Å²) in [5.41, 5.74) is 2.55. The maximum atomic E-state index is 13.3. The van der Waals surface area contributed by atoms with Crippen molar-refractivity contribution in [2.45, 2.75) is 11.1 Å². The van der Waals surface area contributed by atoms with E-state index in [0.717, 1.165) is 38.9 Å². The fraction of sp³-hybridized carbons (Fsp3) is 0.310. The Hall–Kier alpha value is -4.18. The summed E-state index contributed by atoms with van der Waals surface area (Å²) >= 11 is 1.21. The van der Waals surface area contributed by atoms with Gasteiger partial charge in [0.2, 0.25) is 0 Å². The lowest BCUT2D eigenvalue weighted by Gasteiger charge is -2.27. The number of anilines is 2. The first-order chi connectivity index (χ1) is 21.1. The number of rotatable bonds is 11. The number of hydrogen-bond donors (Lipinski definition) is 5. The van der Waals surface area contributed by atoms with Gasteiger partial charge < -0.3 is 40.4 Å². The molecule has 0 radical (unpaired) electrons. The number of alkyl halides is 3. The van der Waals surface area contributed by atoms with Crippen LogP contribution in [0.5, 0.6) is 5.75 Å². The predicted octanol–water partition coefficient (Wildman–Crippen LogP) is 4.92. The Bertz CT molecular complexity index is 1460. The monoisotopic (exact) mass is 634 g/mol. The van der Waals surface area contributed by atoms with Crippen molar-refractivity contribution in [2.24, 2.45) is 5.84 Å². The SMILES string of the molecule is COC1=C/C(=C(/NN)Sc2cccc(NC(=O)Nc3ccc(OC)c(C(F)(F)F)c3)c2)C(=N)C=C1OCCN1CCOCC1. The number of carbonyl (C=O) groups excluding carboxylic acids is 1. The normalized spacial score (nSPS) is 16.8. The zero-order chi connectivity index (χ0) is 31.7. The van der Waals surface area contributed by atoms with Gasteiger partial charge in [0, 0.05) is 47.6 Å². The number of urea groups is 1. The molecule has 2 aromatic carbocycles. The standard InChI is InChI=1S/C29H33F3N6O5S/c1-40-24-7-6-19(15-22(24)29(30,31)32)36-28(39)35-18-4-3-5-20(14-18)44-27(37-34)21-16-25(41-2)26(17-23(21)33)43-13-10-38-8-11-42-12-9-38/h3-7,14-17,33,37H,8-13,34H2,1-2H3,(H2,35,36,39)/b27-21+,33-23?. The zero-order valence-electron chi connectivity index (χ0n) is 24.0. The van der Waals surface area contributed by atoms with Crippen LogP contribution in [0.1, 0.15) is 5.56 Å². The van der Waals surface area contributed by atoms with Gasteiger partial charge in [0.25, 0.3) is 0 Å². The van der Waals surface area contributed by atoms with E-state index in [1.807, 2.05) is 0 Å². The molecule has 2 aliphatic rings. The molecule has 1 fully saturated rings. The number of benzene rings is 2. The summed E-state index contributed by atoms with van der Waals surface area (Å²) < 4.78 is 61.6. The number of nitrogens with two attached hydrogens (primary N) is 1. The third-order valence-electron chi connectivity index (χ3n) is 6.52. The lowest BCUT2D eigenvalue weighted by molar-refractivity contribution is -0.138. The molecule has 0 unspecified atom stereocenters. The Morgan fingerprint density at radius 3 is 2.43 bits per heavy atom. The van der Waals surface area contributed by atoms with E-state index in [-0.39, 0.29) is 17.1 Å². The van der Waals surface area contributed by atoms with Gasteiger partial charge in [-0.2, -0.15) is 13.2 Å². The molecule has 6 N–H and O–H groups in total. The summed E-state index contributed by atoms with van der Waals surface area (Å²) in [6.07, 6.45) is -1.43.